The number of rotatable bonds is 3. The van der Waals surface area contributed by atoms with E-state index in [-0.39, 0.29) is 10.5 Å². The lowest BCUT2D eigenvalue weighted by Gasteiger charge is -2.42. The molecular formula is C18H32O2Si. The zero-order valence-corrected chi connectivity index (χ0v) is 16.2. The Bertz CT molecular complexity index is 473. The lowest BCUT2D eigenvalue weighted by molar-refractivity contribution is -0.139. The Morgan fingerprint density at radius 3 is 1.52 bits per heavy atom. The summed E-state index contributed by atoms with van der Waals surface area (Å²) in [5.41, 5.74) is 2.19. The van der Waals surface area contributed by atoms with E-state index in [9.17, 15) is 5.11 Å². The quantitative estimate of drug-likeness (QED) is 0.616. The number of hydrogen-bond donors (Lipinski definition) is 1. The highest BCUT2D eigenvalue weighted by Crippen LogP contribution is 2.41. The van der Waals surface area contributed by atoms with Crippen LogP contribution >= 0.6 is 0 Å². The van der Waals surface area contributed by atoms with Gasteiger partial charge in [0.1, 0.15) is 0 Å². The average Bonchev–Trinajstić information content (AvgIpc) is 2.25. The Kier molecular flexibility index (Phi) is 4.84. The first kappa shape index (κ1) is 18.4. The molecular weight excluding hydrogens is 276 g/mol. The highest BCUT2D eigenvalue weighted by molar-refractivity contribution is 6.74. The van der Waals surface area contributed by atoms with Gasteiger partial charge in [0.05, 0.1) is 0 Å². The molecule has 1 atom stereocenters. The summed E-state index contributed by atoms with van der Waals surface area (Å²) < 4.78 is 6.20. The third-order valence-electron chi connectivity index (χ3n) is 4.55. The van der Waals surface area contributed by atoms with Gasteiger partial charge >= 0.3 is 0 Å². The fraction of sp³-hybridized carbons (Fsp3) is 0.667. The summed E-state index contributed by atoms with van der Waals surface area (Å²) in [5.74, 6) is -1.24. The first-order valence-corrected chi connectivity index (χ1v) is 10.6. The van der Waals surface area contributed by atoms with Crippen LogP contribution in [0.2, 0.25) is 18.1 Å². The molecule has 120 valence electrons. The minimum Gasteiger partial charge on any atom is -0.387 e. The standard InChI is InChI=1S/C18H32O2Si/c1-16(2,3)14-10-12-15(13-11-14)18(7,19)20-21(8,9)17(4,5)6/h10-13,19H,1-9H3. The fourth-order valence-electron chi connectivity index (χ4n) is 1.99. The molecule has 0 heterocycles. The average molecular weight is 309 g/mol. The van der Waals surface area contributed by atoms with E-state index in [4.69, 9.17) is 4.43 Å². The van der Waals surface area contributed by atoms with Crippen LogP contribution in [0, 0.1) is 0 Å². The van der Waals surface area contributed by atoms with Crippen LogP contribution < -0.4 is 0 Å². The second-order valence-corrected chi connectivity index (χ2v) is 13.4. The van der Waals surface area contributed by atoms with E-state index >= 15 is 0 Å². The van der Waals surface area contributed by atoms with Gasteiger partial charge in [-0.1, -0.05) is 65.8 Å². The van der Waals surface area contributed by atoms with Crippen LogP contribution in [0.3, 0.4) is 0 Å². The molecule has 0 spiro atoms. The van der Waals surface area contributed by atoms with E-state index in [0.29, 0.717) is 0 Å². The molecule has 0 aliphatic carbocycles. The van der Waals surface area contributed by atoms with Crippen molar-refractivity contribution in [3.63, 3.8) is 0 Å². The largest absolute Gasteiger partial charge is 0.387 e. The lowest BCUT2D eigenvalue weighted by Crippen LogP contribution is -2.47. The normalized spacial score (nSPS) is 16.7. The Labute approximate surface area is 131 Å². The molecule has 1 aromatic carbocycles. The van der Waals surface area contributed by atoms with Gasteiger partial charge in [-0.05, 0) is 36.0 Å². The summed E-state index contributed by atoms with van der Waals surface area (Å²) in [5, 5.41) is 10.9. The number of aliphatic hydroxyl groups is 1. The molecule has 1 rings (SSSR count). The summed E-state index contributed by atoms with van der Waals surface area (Å²) in [4.78, 5) is 0. The molecule has 1 aromatic rings. The second-order valence-electron chi connectivity index (χ2n) is 8.67. The molecule has 21 heavy (non-hydrogen) atoms. The fourth-order valence-corrected chi connectivity index (χ4v) is 3.41. The smallest absolute Gasteiger partial charge is 0.196 e. The van der Waals surface area contributed by atoms with Gasteiger partial charge in [0.15, 0.2) is 14.1 Å². The second kappa shape index (κ2) is 5.53. The third-order valence-corrected chi connectivity index (χ3v) is 9.07. The van der Waals surface area contributed by atoms with Crippen molar-refractivity contribution in [2.75, 3.05) is 0 Å². The van der Waals surface area contributed by atoms with Gasteiger partial charge in [-0.2, -0.15) is 0 Å². The topological polar surface area (TPSA) is 29.5 Å². The van der Waals surface area contributed by atoms with E-state index in [1.54, 1.807) is 6.92 Å². The molecule has 1 N–H and O–H groups in total. The highest BCUT2D eigenvalue weighted by Gasteiger charge is 2.43. The van der Waals surface area contributed by atoms with Crippen LogP contribution in [0.4, 0.5) is 0 Å². The Hall–Kier alpha value is -0.643. The van der Waals surface area contributed by atoms with Gasteiger partial charge in [0.25, 0.3) is 0 Å². The Balaban J connectivity index is 3.04. The van der Waals surface area contributed by atoms with Crippen LogP contribution in [-0.2, 0) is 15.6 Å². The zero-order valence-electron chi connectivity index (χ0n) is 15.2. The zero-order chi connectivity index (χ0) is 16.7. The van der Waals surface area contributed by atoms with Gasteiger partial charge in [-0.25, -0.2) is 0 Å². The minimum absolute atomic E-state index is 0.0718. The number of benzene rings is 1. The minimum atomic E-state index is -2.02. The van der Waals surface area contributed by atoms with Gasteiger partial charge in [-0.3, -0.25) is 0 Å². The van der Waals surface area contributed by atoms with Crippen molar-refractivity contribution in [3.8, 4) is 0 Å². The molecule has 3 heteroatoms. The molecule has 2 nitrogen and oxygen atoms in total. The molecule has 0 saturated carbocycles. The van der Waals surface area contributed by atoms with E-state index in [1.807, 2.05) is 12.1 Å². The van der Waals surface area contributed by atoms with E-state index in [2.05, 4.69) is 66.8 Å². The summed E-state index contributed by atoms with van der Waals surface area (Å²) in [6.07, 6.45) is 0. The monoisotopic (exact) mass is 308 g/mol. The first-order valence-electron chi connectivity index (χ1n) is 7.70. The van der Waals surface area contributed by atoms with Crippen LogP contribution in [-0.4, -0.2) is 13.4 Å². The van der Waals surface area contributed by atoms with Crippen LogP contribution in [0.1, 0.15) is 59.6 Å². The van der Waals surface area contributed by atoms with Crippen molar-refractivity contribution >= 4 is 8.32 Å². The van der Waals surface area contributed by atoms with E-state index < -0.39 is 14.1 Å². The van der Waals surface area contributed by atoms with Crippen LogP contribution in [0.15, 0.2) is 24.3 Å². The lowest BCUT2D eigenvalue weighted by atomic mass is 9.86. The Morgan fingerprint density at radius 2 is 1.19 bits per heavy atom. The SMILES string of the molecule is CC(C)(C)c1ccc(C(C)(O)O[Si](C)(C)C(C)(C)C)cc1. The molecule has 0 fully saturated rings. The predicted molar refractivity (Wildman–Crippen MR) is 93.0 cm³/mol. The van der Waals surface area contributed by atoms with Gasteiger partial charge in [0.2, 0.25) is 0 Å². The third kappa shape index (κ3) is 4.41. The maximum atomic E-state index is 10.8. The summed E-state index contributed by atoms with van der Waals surface area (Å²) in [6.45, 7) is 19.2. The van der Waals surface area contributed by atoms with Crippen molar-refractivity contribution in [3.05, 3.63) is 35.4 Å². The predicted octanol–water partition coefficient (Wildman–Crippen LogP) is 5.17. The van der Waals surface area contributed by atoms with Crippen LogP contribution in [0.25, 0.3) is 0 Å². The molecule has 0 aliphatic heterocycles. The van der Waals surface area contributed by atoms with Crippen molar-refractivity contribution in [2.45, 2.75) is 77.8 Å². The van der Waals surface area contributed by atoms with Gasteiger partial charge in [-0.15, -0.1) is 0 Å². The van der Waals surface area contributed by atoms with E-state index in [1.165, 1.54) is 5.56 Å². The molecule has 0 saturated heterocycles. The highest BCUT2D eigenvalue weighted by atomic mass is 28.4. The summed E-state index contributed by atoms with van der Waals surface area (Å²) in [7, 11) is -2.02. The number of hydrogen-bond acceptors (Lipinski definition) is 2. The molecule has 0 aromatic heterocycles. The van der Waals surface area contributed by atoms with Gasteiger partial charge in [0, 0.05) is 5.56 Å². The maximum absolute atomic E-state index is 10.8. The van der Waals surface area contributed by atoms with Crippen molar-refractivity contribution in [2.24, 2.45) is 0 Å². The van der Waals surface area contributed by atoms with Crippen molar-refractivity contribution in [1.82, 2.24) is 0 Å². The molecule has 0 radical (unpaired) electrons. The van der Waals surface area contributed by atoms with Crippen molar-refractivity contribution < 1.29 is 9.53 Å². The molecule has 1 unspecified atom stereocenters. The summed E-state index contributed by atoms with van der Waals surface area (Å²) in [6, 6.07) is 8.12. The maximum Gasteiger partial charge on any atom is 0.196 e. The molecule has 0 amide bonds. The first-order chi connectivity index (χ1) is 9.17. The summed E-state index contributed by atoms with van der Waals surface area (Å²) >= 11 is 0. The molecule has 0 aliphatic rings. The van der Waals surface area contributed by atoms with Gasteiger partial charge < -0.3 is 9.53 Å². The Morgan fingerprint density at radius 1 is 0.810 bits per heavy atom. The van der Waals surface area contributed by atoms with E-state index in [0.717, 1.165) is 5.56 Å². The van der Waals surface area contributed by atoms with Crippen LogP contribution in [0.5, 0.6) is 0 Å². The van der Waals surface area contributed by atoms with Crippen molar-refractivity contribution in [1.29, 1.82) is 0 Å². The molecule has 0 bridgehead atoms.